The minimum absolute atomic E-state index is 0.909. The summed E-state index contributed by atoms with van der Waals surface area (Å²) < 4.78 is 0. The molecule has 1 aromatic rings. The molecule has 0 radical (unpaired) electrons. The SMILES string of the molecule is Cc1ccc(CCCBr)c(/C=C/C(=O)O)c1. The zero-order valence-electron chi connectivity index (χ0n) is 9.24. The highest BCUT2D eigenvalue weighted by atomic mass is 79.9. The number of alkyl halides is 1. The van der Waals surface area contributed by atoms with Crippen molar-refractivity contribution in [1.29, 1.82) is 0 Å². The molecule has 0 bridgehead atoms. The number of rotatable bonds is 5. The average molecular weight is 283 g/mol. The van der Waals surface area contributed by atoms with Gasteiger partial charge in [-0.25, -0.2) is 4.79 Å². The molecule has 1 N–H and O–H groups in total. The molecule has 0 heterocycles. The van der Waals surface area contributed by atoms with Gasteiger partial charge in [-0.05, 0) is 37.0 Å². The van der Waals surface area contributed by atoms with Crippen LogP contribution in [-0.2, 0) is 11.2 Å². The van der Waals surface area contributed by atoms with E-state index in [-0.39, 0.29) is 0 Å². The summed E-state index contributed by atoms with van der Waals surface area (Å²) in [5, 5.41) is 9.58. The fraction of sp³-hybridized carbons (Fsp3) is 0.308. The number of hydrogen-bond acceptors (Lipinski definition) is 1. The van der Waals surface area contributed by atoms with E-state index in [2.05, 4.69) is 28.1 Å². The van der Waals surface area contributed by atoms with Crippen molar-refractivity contribution < 1.29 is 9.90 Å². The quantitative estimate of drug-likeness (QED) is 0.664. The second kappa shape index (κ2) is 6.48. The average Bonchev–Trinajstić information content (AvgIpc) is 2.25. The van der Waals surface area contributed by atoms with Crippen LogP contribution >= 0.6 is 15.9 Å². The molecule has 0 aliphatic heterocycles. The third kappa shape index (κ3) is 4.19. The van der Waals surface area contributed by atoms with Gasteiger partial charge < -0.3 is 5.11 Å². The van der Waals surface area contributed by atoms with Crippen LogP contribution in [0.5, 0.6) is 0 Å². The monoisotopic (exact) mass is 282 g/mol. The first-order chi connectivity index (χ1) is 7.63. The fourth-order valence-corrected chi connectivity index (χ4v) is 1.80. The maximum Gasteiger partial charge on any atom is 0.328 e. The van der Waals surface area contributed by atoms with Gasteiger partial charge in [-0.15, -0.1) is 0 Å². The van der Waals surface area contributed by atoms with Crippen LogP contribution < -0.4 is 0 Å². The lowest BCUT2D eigenvalue weighted by Crippen LogP contribution is -1.93. The van der Waals surface area contributed by atoms with Gasteiger partial charge in [0.25, 0.3) is 0 Å². The molecule has 1 rings (SSSR count). The maximum absolute atomic E-state index is 10.5. The van der Waals surface area contributed by atoms with Gasteiger partial charge in [0.15, 0.2) is 0 Å². The van der Waals surface area contributed by atoms with E-state index in [1.165, 1.54) is 11.6 Å². The summed E-state index contributed by atoms with van der Waals surface area (Å²) in [5.41, 5.74) is 3.35. The third-order valence-corrected chi connectivity index (χ3v) is 2.85. The van der Waals surface area contributed by atoms with Crippen LogP contribution in [0.4, 0.5) is 0 Å². The number of carboxylic acids is 1. The number of aliphatic carboxylic acids is 1. The van der Waals surface area contributed by atoms with Gasteiger partial charge in [0.1, 0.15) is 0 Å². The lowest BCUT2D eigenvalue weighted by Gasteiger charge is -2.06. The van der Waals surface area contributed by atoms with Gasteiger partial charge in [0.2, 0.25) is 0 Å². The number of carboxylic acid groups (broad SMARTS) is 1. The van der Waals surface area contributed by atoms with Crippen LogP contribution in [-0.4, -0.2) is 16.4 Å². The number of aryl methyl sites for hydroxylation is 2. The predicted octanol–water partition coefficient (Wildman–Crippen LogP) is 3.42. The molecular formula is C13H15BrO2. The van der Waals surface area contributed by atoms with E-state index in [9.17, 15) is 4.79 Å². The van der Waals surface area contributed by atoms with Gasteiger partial charge in [-0.2, -0.15) is 0 Å². The lowest BCUT2D eigenvalue weighted by molar-refractivity contribution is -0.131. The molecule has 1 aromatic carbocycles. The lowest BCUT2D eigenvalue weighted by atomic mass is 10.0. The van der Waals surface area contributed by atoms with Crippen molar-refractivity contribution in [1.82, 2.24) is 0 Å². The minimum Gasteiger partial charge on any atom is -0.478 e. The third-order valence-electron chi connectivity index (χ3n) is 2.29. The molecule has 0 aliphatic carbocycles. The van der Waals surface area contributed by atoms with E-state index >= 15 is 0 Å². The topological polar surface area (TPSA) is 37.3 Å². The highest BCUT2D eigenvalue weighted by Gasteiger charge is 2.00. The van der Waals surface area contributed by atoms with Gasteiger partial charge in [0.05, 0.1) is 0 Å². The van der Waals surface area contributed by atoms with Crippen molar-refractivity contribution in [3.8, 4) is 0 Å². The summed E-state index contributed by atoms with van der Waals surface area (Å²) in [6, 6.07) is 6.14. The first-order valence-electron chi connectivity index (χ1n) is 5.20. The summed E-state index contributed by atoms with van der Waals surface area (Å²) in [6.45, 7) is 2.01. The Bertz CT molecular complexity index is 397. The molecule has 2 nitrogen and oxygen atoms in total. The van der Waals surface area contributed by atoms with E-state index in [0.717, 1.165) is 29.3 Å². The van der Waals surface area contributed by atoms with Crippen LogP contribution in [0.2, 0.25) is 0 Å². The molecule has 0 aliphatic rings. The smallest absolute Gasteiger partial charge is 0.328 e. The first kappa shape index (κ1) is 13.0. The molecule has 0 saturated carbocycles. The Kier molecular flexibility index (Phi) is 5.26. The zero-order valence-corrected chi connectivity index (χ0v) is 10.8. The molecule has 0 amide bonds. The number of carbonyl (C=O) groups is 1. The fourth-order valence-electron chi connectivity index (χ4n) is 1.52. The zero-order chi connectivity index (χ0) is 12.0. The van der Waals surface area contributed by atoms with Crippen LogP contribution in [0.3, 0.4) is 0 Å². The maximum atomic E-state index is 10.5. The van der Waals surface area contributed by atoms with Crippen molar-refractivity contribution in [3.05, 3.63) is 41.0 Å². The molecule has 0 unspecified atom stereocenters. The Balaban J connectivity index is 2.93. The second-order valence-corrected chi connectivity index (χ2v) is 4.46. The normalized spacial score (nSPS) is 10.9. The van der Waals surface area contributed by atoms with Gasteiger partial charge in [-0.3, -0.25) is 0 Å². The predicted molar refractivity (Wildman–Crippen MR) is 70.0 cm³/mol. The largest absolute Gasteiger partial charge is 0.478 e. The number of benzene rings is 1. The Morgan fingerprint density at radius 3 is 2.88 bits per heavy atom. The molecule has 0 atom stereocenters. The van der Waals surface area contributed by atoms with E-state index < -0.39 is 5.97 Å². The highest BCUT2D eigenvalue weighted by molar-refractivity contribution is 9.09. The Morgan fingerprint density at radius 1 is 1.50 bits per heavy atom. The molecule has 0 spiro atoms. The number of hydrogen-bond donors (Lipinski definition) is 1. The highest BCUT2D eigenvalue weighted by Crippen LogP contribution is 2.16. The van der Waals surface area contributed by atoms with Crippen molar-refractivity contribution in [2.24, 2.45) is 0 Å². The van der Waals surface area contributed by atoms with E-state index in [0.29, 0.717) is 0 Å². The first-order valence-corrected chi connectivity index (χ1v) is 6.32. The van der Waals surface area contributed by atoms with E-state index in [1.807, 2.05) is 13.0 Å². The van der Waals surface area contributed by atoms with Crippen molar-refractivity contribution in [3.63, 3.8) is 0 Å². The van der Waals surface area contributed by atoms with Gasteiger partial charge >= 0.3 is 5.97 Å². The van der Waals surface area contributed by atoms with Gasteiger partial charge in [0, 0.05) is 11.4 Å². The standard InChI is InChI=1S/C13H15BrO2/c1-10-4-5-11(3-2-8-14)12(9-10)6-7-13(15)16/h4-7,9H,2-3,8H2,1H3,(H,15,16)/b7-6+. The minimum atomic E-state index is -0.909. The van der Waals surface area contributed by atoms with E-state index in [1.54, 1.807) is 6.08 Å². The Hall–Kier alpha value is -1.09. The summed E-state index contributed by atoms with van der Waals surface area (Å²) in [5.74, 6) is -0.909. The molecule has 0 fully saturated rings. The van der Waals surface area contributed by atoms with Crippen molar-refractivity contribution >= 4 is 28.0 Å². The van der Waals surface area contributed by atoms with Crippen LogP contribution in [0.1, 0.15) is 23.1 Å². The second-order valence-electron chi connectivity index (χ2n) is 3.67. The van der Waals surface area contributed by atoms with E-state index in [4.69, 9.17) is 5.11 Å². The molecule has 16 heavy (non-hydrogen) atoms. The molecule has 3 heteroatoms. The van der Waals surface area contributed by atoms with Crippen LogP contribution in [0.25, 0.3) is 6.08 Å². The molecule has 0 aromatic heterocycles. The van der Waals surface area contributed by atoms with Crippen LogP contribution in [0.15, 0.2) is 24.3 Å². The van der Waals surface area contributed by atoms with Crippen molar-refractivity contribution in [2.75, 3.05) is 5.33 Å². The summed E-state index contributed by atoms with van der Waals surface area (Å²) in [6.07, 6.45) is 4.87. The van der Waals surface area contributed by atoms with Crippen molar-refractivity contribution in [2.45, 2.75) is 19.8 Å². The summed E-state index contributed by atoms with van der Waals surface area (Å²) in [4.78, 5) is 10.5. The van der Waals surface area contributed by atoms with Gasteiger partial charge in [-0.1, -0.05) is 39.7 Å². The molecule has 0 saturated heterocycles. The molecule has 86 valence electrons. The van der Waals surface area contributed by atoms with Crippen LogP contribution in [0, 0.1) is 6.92 Å². The Morgan fingerprint density at radius 2 is 2.25 bits per heavy atom. The molecular weight excluding hydrogens is 268 g/mol. The summed E-state index contributed by atoms with van der Waals surface area (Å²) >= 11 is 3.40. The summed E-state index contributed by atoms with van der Waals surface area (Å²) in [7, 11) is 0. The Labute approximate surface area is 104 Å². The number of halogens is 1.